The number of hydrogen-bond donors (Lipinski definition) is 0. The highest BCUT2D eigenvalue weighted by molar-refractivity contribution is 5.37. The molecule has 0 bridgehead atoms. The van der Waals surface area contributed by atoms with Crippen molar-refractivity contribution in [2.75, 3.05) is 0 Å². The maximum atomic E-state index is 2.41. The van der Waals surface area contributed by atoms with Crippen LogP contribution in [0.5, 0.6) is 0 Å². The maximum absolute atomic E-state index is 2.41. The van der Waals surface area contributed by atoms with Crippen LogP contribution < -0.4 is 0 Å². The van der Waals surface area contributed by atoms with Gasteiger partial charge < -0.3 is 0 Å². The van der Waals surface area contributed by atoms with E-state index in [2.05, 4.69) is 39.8 Å². The Labute approximate surface area is 88.4 Å². The number of aryl methyl sites for hydroxylation is 4. The summed E-state index contributed by atoms with van der Waals surface area (Å²) >= 11 is 0. The molecule has 1 rings (SSSR count). The van der Waals surface area contributed by atoms with Gasteiger partial charge in [-0.15, -0.1) is 0 Å². The van der Waals surface area contributed by atoms with Gasteiger partial charge in [-0.3, -0.25) is 0 Å². The molecule has 14 heavy (non-hydrogen) atoms. The predicted octanol–water partition coefficient (Wildman–Crippen LogP) is 4.21. The molecule has 0 aliphatic heterocycles. The molecule has 0 aliphatic rings. The van der Waals surface area contributed by atoms with Crippen LogP contribution in [0.25, 0.3) is 0 Å². The van der Waals surface area contributed by atoms with Crippen molar-refractivity contribution in [3.8, 4) is 0 Å². The highest BCUT2D eigenvalue weighted by Gasteiger charge is 2.03. The van der Waals surface area contributed by atoms with Crippen molar-refractivity contribution in [1.29, 1.82) is 0 Å². The minimum absolute atomic E-state index is 1.23. The molecule has 0 spiro atoms. The molecule has 78 valence electrons. The van der Waals surface area contributed by atoms with Gasteiger partial charge in [-0.05, 0) is 48.9 Å². The Hall–Kier alpha value is -0.780. The van der Waals surface area contributed by atoms with Crippen LogP contribution in [0.1, 0.15) is 48.9 Å². The van der Waals surface area contributed by atoms with Crippen LogP contribution in [0.4, 0.5) is 0 Å². The Morgan fingerprint density at radius 3 is 1.57 bits per heavy atom. The number of rotatable bonds is 4. The van der Waals surface area contributed by atoms with Crippen molar-refractivity contribution < 1.29 is 0 Å². The van der Waals surface area contributed by atoms with Crippen LogP contribution in [-0.2, 0) is 12.8 Å². The topological polar surface area (TPSA) is 0 Å². The Balaban J connectivity index is 3.00. The largest absolute Gasteiger partial charge is 0.0651 e. The van der Waals surface area contributed by atoms with Gasteiger partial charge in [-0.2, -0.15) is 0 Å². The molecule has 0 saturated carbocycles. The molecule has 0 heterocycles. The van der Waals surface area contributed by atoms with E-state index < -0.39 is 0 Å². The van der Waals surface area contributed by atoms with Gasteiger partial charge in [-0.25, -0.2) is 0 Å². The first-order valence-corrected chi connectivity index (χ1v) is 5.78. The van der Waals surface area contributed by atoms with Gasteiger partial charge in [-0.1, -0.05) is 38.8 Å². The molecule has 0 saturated heterocycles. The van der Waals surface area contributed by atoms with Gasteiger partial charge in [0.05, 0.1) is 0 Å². The van der Waals surface area contributed by atoms with Gasteiger partial charge >= 0.3 is 0 Å². The fraction of sp³-hybridized carbons (Fsp3) is 0.571. The normalized spacial score (nSPS) is 10.6. The van der Waals surface area contributed by atoms with Crippen molar-refractivity contribution in [2.45, 2.75) is 53.4 Å². The highest BCUT2D eigenvalue weighted by Crippen LogP contribution is 2.18. The minimum atomic E-state index is 1.23. The lowest BCUT2D eigenvalue weighted by atomic mass is 9.95. The van der Waals surface area contributed by atoms with E-state index in [-0.39, 0.29) is 0 Å². The highest BCUT2D eigenvalue weighted by atomic mass is 14.1. The summed E-state index contributed by atoms with van der Waals surface area (Å²) in [5.41, 5.74) is 6.01. The summed E-state index contributed by atoms with van der Waals surface area (Å²) in [5.74, 6) is 0. The quantitative estimate of drug-likeness (QED) is 0.667. The van der Waals surface area contributed by atoms with E-state index in [1.165, 1.54) is 36.8 Å². The molecular formula is C14H22. The monoisotopic (exact) mass is 190 g/mol. The fourth-order valence-corrected chi connectivity index (χ4v) is 2.03. The standard InChI is InChI=1S/C14H22/c1-5-7-13-10-14(8-6-2)12(4)9-11(13)3/h9-10H,5-8H2,1-4H3. The van der Waals surface area contributed by atoms with Crippen LogP contribution in [0.2, 0.25) is 0 Å². The molecule has 0 radical (unpaired) electrons. The predicted molar refractivity (Wildman–Crippen MR) is 63.9 cm³/mol. The van der Waals surface area contributed by atoms with Crippen molar-refractivity contribution in [3.63, 3.8) is 0 Å². The number of hydrogen-bond acceptors (Lipinski definition) is 0. The van der Waals surface area contributed by atoms with Gasteiger partial charge in [0, 0.05) is 0 Å². The van der Waals surface area contributed by atoms with Crippen molar-refractivity contribution in [1.82, 2.24) is 0 Å². The summed E-state index contributed by atoms with van der Waals surface area (Å²) in [7, 11) is 0. The van der Waals surface area contributed by atoms with Crippen molar-refractivity contribution >= 4 is 0 Å². The van der Waals surface area contributed by atoms with E-state index in [0.717, 1.165) is 0 Å². The molecule has 0 N–H and O–H groups in total. The van der Waals surface area contributed by atoms with Crippen molar-refractivity contribution in [3.05, 3.63) is 34.4 Å². The lowest BCUT2D eigenvalue weighted by Gasteiger charge is -2.11. The first kappa shape index (κ1) is 11.3. The van der Waals surface area contributed by atoms with Crippen LogP contribution in [0.3, 0.4) is 0 Å². The van der Waals surface area contributed by atoms with E-state index >= 15 is 0 Å². The third-order valence-corrected chi connectivity index (χ3v) is 2.83. The first-order chi connectivity index (χ1) is 6.69. The Bertz CT molecular complexity index is 270. The molecule has 0 aliphatic carbocycles. The van der Waals surface area contributed by atoms with Gasteiger partial charge in [0.2, 0.25) is 0 Å². The zero-order valence-corrected chi connectivity index (χ0v) is 9.98. The SMILES string of the molecule is CCCc1cc(CCC)c(C)cc1C. The summed E-state index contributed by atoms with van der Waals surface area (Å²) in [5, 5.41) is 0. The fourth-order valence-electron chi connectivity index (χ4n) is 2.03. The van der Waals surface area contributed by atoms with E-state index in [0.29, 0.717) is 0 Å². The molecular weight excluding hydrogens is 168 g/mol. The van der Waals surface area contributed by atoms with E-state index in [1.54, 1.807) is 11.1 Å². The zero-order valence-electron chi connectivity index (χ0n) is 9.98. The molecule has 0 unspecified atom stereocenters. The molecule has 0 amide bonds. The lowest BCUT2D eigenvalue weighted by molar-refractivity contribution is 0.882. The molecule has 0 heteroatoms. The second-order valence-corrected chi connectivity index (χ2v) is 4.21. The Kier molecular flexibility index (Phi) is 4.19. The third-order valence-electron chi connectivity index (χ3n) is 2.83. The minimum Gasteiger partial charge on any atom is -0.0651 e. The molecule has 1 aromatic carbocycles. The summed E-state index contributed by atoms with van der Waals surface area (Å²) in [6, 6.07) is 4.76. The molecule has 0 fully saturated rings. The van der Waals surface area contributed by atoms with Crippen LogP contribution in [0.15, 0.2) is 12.1 Å². The summed E-state index contributed by atoms with van der Waals surface area (Å²) in [6.07, 6.45) is 4.94. The van der Waals surface area contributed by atoms with E-state index in [9.17, 15) is 0 Å². The summed E-state index contributed by atoms with van der Waals surface area (Å²) in [6.45, 7) is 8.96. The average Bonchev–Trinajstić information content (AvgIpc) is 2.14. The summed E-state index contributed by atoms with van der Waals surface area (Å²) in [4.78, 5) is 0. The molecule has 0 nitrogen and oxygen atoms in total. The summed E-state index contributed by atoms with van der Waals surface area (Å²) < 4.78 is 0. The van der Waals surface area contributed by atoms with E-state index in [1.807, 2.05) is 0 Å². The van der Waals surface area contributed by atoms with E-state index in [4.69, 9.17) is 0 Å². The molecule has 1 aromatic rings. The first-order valence-electron chi connectivity index (χ1n) is 5.78. The molecule has 0 atom stereocenters. The average molecular weight is 190 g/mol. The number of benzene rings is 1. The Morgan fingerprint density at radius 1 is 0.786 bits per heavy atom. The lowest BCUT2D eigenvalue weighted by Crippen LogP contribution is -1.96. The van der Waals surface area contributed by atoms with Gasteiger partial charge in [0.15, 0.2) is 0 Å². The Morgan fingerprint density at radius 2 is 1.21 bits per heavy atom. The maximum Gasteiger partial charge on any atom is -0.0279 e. The van der Waals surface area contributed by atoms with Crippen molar-refractivity contribution in [2.24, 2.45) is 0 Å². The second-order valence-electron chi connectivity index (χ2n) is 4.21. The zero-order chi connectivity index (χ0) is 10.6. The third kappa shape index (κ3) is 2.60. The van der Waals surface area contributed by atoms with Crippen LogP contribution >= 0.6 is 0 Å². The van der Waals surface area contributed by atoms with Gasteiger partial charge in [0.25, 0.3) is 0 Å². The van der Waals surface area contributed by atoms with Crippen LogP contribution in [0, 0.1) is 13.8 Å². The molecule has 0 aromatic heterocycles. The van der Waals surface area contributed by atoms with Gasteiger partial charge in [0.1, 0.15) is 0 Å². The smallest absolute Gasteiger partial charge is 0.0279 e. The second kappa shape index (κ2) is 5.19. The van der Waals surface area contributed by atoms with Crippen LogP contribution in [-0.4, -0.2) is 0 Å².